The van der Waals surface area contributed by atoms with E-state index in [1.54, 1.807) is 12.1 Å². The molecule has 2 aliphatic carbocycles. The maximum atomic E-state index is 12.7. The molecule has 24 heavy (non-hydrogen) atoms. The third-order valence-electron chi connectivity index (χ3n) is 4.03. The van der Waals surface area contributed by atoms with Gasteiger partial charge in [-0.25, -0.2) is 0 Å². The summed E-state index contributed by atoms with van der Waals surface area (Å²) in [7, 11) is 0. The molecule has 0 unspecified atom stereocenters. The zero-order chi connectivity index (χ0) is 16.5. The Morgan fingerprint density at radius 1 is 0.792 bits per heavy atom. The molecule has 0 spiro atoms. The number of hydrogen-bond acceptors (Lipinski definition) is 6. The Balaban J connectivity index is 0.00000169. The summed E-state index contributed by atoms with van der Waals surface area (Å²) in [6.45, 7) is 0. The molecular weight excluding hydrogens is 431 g/mol. The molecule has 0 aliphatic heterocycles. The van der Waals surface area contributed by atoms with Crippen molar-refractivity contribution < 1.29 is 79.1 Å². The Morgan fingerprint density at radius 3 is 1.54 bits per heavy atom. The first kappa shape index (κ1) is 17.4. The van der Waals surface area contributed by atoms with E-state index in [-0.39, 0.29) is 101 Å². The number of rotatable bonds is 0. The van der Waals surface area contributed by atoms with Crippen molar-refractivity contribution in [1.29, 1.82) is 10.8 Å². The van der Waals surface area contributed by atoms with E-state index in [2.05, 4.69) is 4.98 Å². The minimum Gasteiger partial charge on any atom is -0.596 e. The summed E-state index contributed by atoms with van der Waals surface area (Å²) in [5, 5.41) is 34.5. The van der Waals surface area contributed by atoms with Crippen molar-refractivity contribution in [3.05, 3.63) is 65.9 Å². The number of aromatic nitrogens is 1. The standard InChI is InChI=1S/C16H9N3O4.Cs/c17-11-7-8(12(18)10-9(11)15(22)19-16(10)23)14(21)6-4-2-1-3-5(6)13(7)20;/h1-4H,(H5,17,18,19,20,21,22,23);/q;+1/p-1. The van der Waals surface area contributed by atoms with Gasteiger partial charge in [-0.15, -0.1) is 0 Å². The van der Waals surface area contributed by atoms with Crippen LogP contribution in [-0.4, -0.2) is 10.2 Å². The normalized spacial score (nSPS) is 11.2. The van der Waals surface area contributed by atoms with Gasteiger partial charge in [-0.2, -0.15) is 0 Å². The van der Waals surface area contributed by atoms with Gasteiger partial charge in [-0.05, 0) is 0 Å². The van der Waals surface area contributed by atoms with E-state index in [1.807, 2.05) is 0 Å². The monoisotopic (exact) mass is 439 g/mol. The second kappa shape index (κ2) is 5.83. The van der Waals surface area contributed by atoms with Crippen LogP contribution in [0.15, 0.2) is 33.9 Å². The average Bonchev–Trinajstić information content (AvgIpc) is 2.83. The minimum atomic E-state index is -0.641. The zero-order valence-corrected chi connectivity index (χ0v) is 18.7. The Hall–Kier alpha value is -1.43. The summed E-state index contributed by atoms with van der Waals surface area (Å²) in [6.07, 6.45) is 0. The van der Waals surface area contributed by atoms with Gasteiger partial charge in [0, 0.05) is 33.3 Å². The summed E-state index contributed by atoms with van der Waals surface area (Å²) in [6, 6.07) is 6.16. The van der Waals surface area contributed by atoms with E-state index in [0.29, 0.717) is 0 Å². The van der Waals surface area contributed by atoms with Gasteiger partial charge < -0.3 is 15.2 Å². The van der Waals surface area contributed by atoms with Crippen LogP contribution in [0.1, 0.15) is 0 Å². The molecule has 4 N–H and O–H groups in total. The first-order valence-electron chi connectivity index (χ1n) is 6.63. The first-order valence-corrected chi connectivity index (χ1v) is 6.63. The SMILES string of the molecule is N=c1c2c(=O)c3ccccc3c(=O)c=2c(=N)c2c(O)[n-]c(O)c12.[Cs+]. The number of benzene rings is 1. The number of nitrogens with one attached hydrogen (secondary N) is 2. The quantitative estimate of drug-likeness (QED) is 0.227. The van der Waals surface area contributed by atoms with Gasteiger partial charge in [-0.1, -0.05) is 24.3 Å². The second-order valence-corrected chi connectivity index (χ2v) is 5.21. The fraction of sp³-hybridized carbons (Fsp3) is 0. The van der Waals surface area contributed by atoms with E-state index in [4.69, 9.17) is 10.8 Å². The number of fused-ring (bicyclic) bond motifs is 2. The second-order valence-electron chi connectivity index (χ2n) is 5.21. The molecule has 1 aromatic heterocycles. The van der Waals surface area contributed by atoms with Crippen molar-refractivity contribution in [2.75, 3.05) is 0 Å². The molecule has 0 bridgehead atoms. The van der Waals surface area contributed by atoms with Gasteiger partial charge in [0.1, 0.15) is 0 Å². The van der Waals surface area contributed by atoms with Crippen LogP contribution < -0.4 is 95.4 Å². The Kier molecular flexibility index (Phi) is 4.23. The molecule has 0 fully saturated rings. The summed E-state index contributed by atoms with van der Waals surface area (Å²) in [5.41, 5.74) is -1.12. The number of hydrogen-bond donors (Lipinski definition) is 4. The summed E-state index contributed by atoms with van der Waals surface area (Å²) in [4.78, 5) is 28.8. The van der Waals surface area contributed by atoms with Crippen LogP contribution in [0, 0.1) is 21.3 Å². The van der Waals surface area contributed by atoms with Gasteiger partial charge in [0.2, 0.25) is 0 Å². The molecule has 0 atom stereocenters. The maximum absolute atomic E-state index is 12.7. The van der Waals surface area contributed by atoms with Crippen molar-refractivity contribution in [2.24, 2.45) is 0 Å². The van der Waals surface area contributed by atoms with E-state index < -0.39 is 33.3 Å². The van der Waals surface area contributed by atoms with Gasteiger partial charge in [0.25, 0.3) is 0 Å². The van der Waals surface area contributed by atoms with Crippen LogP contribution in [-0.2, 0) is 0 Å². The topological polar surface area (TPSA) is 136 Å². The smallest absolute Gasteiger partial charge is 0.596 e. The van der Waals surface area contributed by atoms with Crippen LogP contribution in [0.2, 0.25) is 0 Å². The van der Waals surface area contributed by atoms with Crippen LogP contribution in [0.4, 0.5) is 0 Å². The molecule has 4 rings (SSSR count). The Morgan fingerprint density at radius 2 is 1.17 bits per heavy atom. The predicted molar refractivity (Wildman–Crippen MR) is 80.0 cm³/mol. The van der Waals surface area contributed by atoms with Gasteiger partial charge in [0.05, 0.1) is 21.2 Å². The molecule has 112 valence electrons. The van der Waals surface area contributed by atoms with Crippen LogP contribution >= 0.6 is 0 Å². The first-order chi connectivity index (χ1) is 10.9. The maximum Gasteiger partial charge on any atom is 1.00 e. The summed E-state index contributed by atoms with van der Waals surface area (Å²) < 4.78 is 0. The third-order valence-corrected chi connectivity index (χ3v) is 4.03. The van der Waals surface area contributed by atoms with Crippen molar-refractivity contribution in [2.45, 2.75) is 0 Å². The van der Waals surface area contributed by atoms with Crippen molar-refractivity contribution in [3.8, 4) is 11.8 Å². The fourth-order valence-electron chi connectivity index (χ4n) is 3.01. The Bertz CT molecular complexity index is 1310. The minimum absolute atomic E-state index is 0. The zero-order valence-electron chi connectivity index (χ0n) is 12.5. The van der Waals surface area contributed by atoms with E-state index >= 15 is 0 Å². The molecule has 7 nitrogen and oxygen atoms in total. The third kappa shape index (κ3) is 2.08. The fourth-order valence-corrected chi connectivity index (χ4v) is 3.01. The molecule has 2 aliphatic rings. The molecule has 1 aromatic carbocycles. The van der Waals surface area contributed by atoms with Crippen LogP contribution in [0.5, 0.6) is 11.8 Å². The molecule has 0 saturated carbocycles. The van der Waals surface area contributed by atoms with Gasteiger partial charge in [-0.3, -0.25) is 20.4 Å². The molecule has 8 heteroatoms. The molecule has 1 heterocycles. The number of aromatic hydroxyl groups is 2. The molecule has 0 radical (unpaired) electrons. The van der Waals surface area contributed by atoms with E-state index in [1.165, 1.54) is 12.1 Å². The summed E-state index contributed by atoms with van der Waals surface area (Å²) in [5.74, 6) is -1.28. The molecule has 2 aromatic rings. The Labute approximate surface area is 191 Å². The van der Waals surface area contributed by atoms with Crippen molar-refractivity contribution in [3.63, 3.8) is 0 Å². The summed E-state index contributed by atoms with van der Waals surface area (Å²) >= 11 is 0. The van der Waals surface area contributed by atoms with E-state index in [0.717, 1.165) is 0 Å². The van der Waals surface area contributed by atoms with Crippen molar-refractivity contribution >= 4 is 21.5 Å². The molecule has 0 amide bonds. The molecule has 0 saturated heterocycles. The van der Waals surface area contributed by atoms with Crippen molar-refractivity contribution in [1.82, 2.24) is 4.98 Å². The predicted octanol–water partition coefficient (Wildman–Crippen LogP) is -3.35. The largest absolute Gasteiger partial charge is 1.00 e. The van der Waals surface area contributed by atoms with E-state index in [9.17, 15) is 19.8 Å². The van der Waals surface area contributed by atoms with Gasteiger partial charge in [0.15, 0.2) is 10.9 Å². The molecular formula is C16H8CsN3O4. The van der Waals surface area contributed by atoms with Crippen LogP contribution in [0.3, 0.4) is 0 Å². The number of nitrogens with zero attached hydrogens (tertiary/aromatic N) is 1. The van der Waals surface area contributed by atoms with Crippen LogP contribution in [0.25, 0.3) is 21.5 Å². The average molecular weight is 439 g/mol. The van der Waals surface area contributed by atoms with Gasteiger partial charge >= 0.3 is 68.9 Å².